The Balaban J connectivity index is 0.000000364. The molecule has 1 atom stereocenters. The van der Waals surface area contributed by atoms with Gasteiger partial charge in [-0.15, -0.1) is 0 Å². The molecule has 0 bridgehead atoms. The molecule has 1 aliphatic rings. The summed E-state index contributed by atoms with van der Waals surface area (Å²) in [6.07, 6.45) is 2.12. The summed E-state index contributed by atoms with van der Waals surface area (Å²) in [5, 5.41) is 13.3. The minimum absolute atomic E-state index is 0.0833. The average molecular weight is 202 g/mol. The molecule has 1 heterocycles. The van der Waals surface area contributed by atoms with Crippen molar-refractivity contribution < 1.29 is 14.7 Å². The van der Waals surface area contributed by atoms with Crippen molar-refractivity contribution in [2.75, 3.05) is 13.1 Å². The molecule has 5 nitrogen and oxygen atoms in total. The van der Waals surface area contributed by atoms with Crippen LogP contribution in [0.4, 0.5) is 0 Å². The Morgan fingerprint density at radius 1 is 1.57 bits per heavy atom. The van der Waals surface area contributed by atoms with Crippen molar-refractivity contribution in [2.45, 2.75) is 32.7 Å². The van der Waals surface area contributed by atoms with Crippen molar-refractivity contribution in [3.63, 3.8) is 0 Å². The number of nitrogens with one attached hydrogen (secondary N) is 2. The van der Waals surface area contributed by atoms with Crippen LogP contribution in [-0.4, -0.2) is 36.1 Å². The fourth-order valence-corrected chi connectivity index (χ4v) is 1.21. The minimum atomic E-state index is -0.833. The van der Waals surface area contributed by atoms with E-state index >= 15 is 0 Å². The van der Waals surface area contributed by atoms with Crippen molar-refractivity contribution >= 4 is 11.9 Å². The number of carbonyl (C=O) groups excluding carboxylic acids is 1. The fraction of sp³-hybridized carbons (Fsp3) is 0.778. The van der Waals surface area contributed by atoms with Crippen LogP contribution in [0.2, 0.25) is 0 Å². The Morgan fingerprint density at radius 3 is 2.50 bits per heavy atom. The first-order valence-corrected chi connectivity index (χ1v) is 4.78. The largest absolute Gasteiger partial charge is 0.481 e. The van der Waals surface area contributed by atoms with Crippen molar-refractivity contribution in [1.82, 2.24) is 10.6 Å². The zero-order valence-electron chi connectivity index (χ0n) is 8.67. The third-order valence-electron chi connectivity index (χ3n) is 1.73. The molecule has 0 aromatic heterocycles. The van der Waals surface area contributed by atoms with E-state index in [4.69, 9.17) is 9.90 Å². The molecule has 0 spiro atoms. The summed E-state index contributed by atoms with van der Waals surface area (Å²) in [5.74, 6) is -0.681. The highest BCUT2D eigenvalue weighted by Gasteiger charge is 2.20. The van der Waals surface area contributed by atoms with Gasteiger partial charge < -0.3 is 15.7 Å². The van der Waals surface area contributed by atoms with E-state index in [2.05, 4.69) is 10.6 Å². The van der Waals surface area contributed by atoms with Gasteiger partial charge in [0.2, 0.25) is 5.91 Å². The summed E-state index contributed by atoms with van der Waals surface area (Å²) in [5.41, 5.74) is 0. The monoisotopic (exact) mass is 202 g/mol. The van der Waals surface area contributed by atoms with Gasteiger partial charge in [0.1, 0.15) is 0 Å². The van der Waals surface area contributed by atoms with Crippen LogP contribution in [0.1, 0.15) is 26.7 Å². The first-order chi connectivity index (χ1) is 6.57. The van der Waals surface area contributed by atoms with Gasteiger partial charge in [-0.3, -0.25) is 9.59 Å². The highest BCUT2D eigenvalue weighted by molar-refractivity contribution is 5.81. The van der Waals surface area contributed by atoms with Crippen LogP contribution in [0.5, 0.6) is 0 Å². The zero-order valence-corrected chi connectivity index (χ0v) is 8.67. The van der Waals surface area contributed by atoms with Crippen LogP contribution in [0.25, 0.3) is 0 Å². The number of carbonyl (C=O) groups is 2. The summed E-state index contributed by atoms with van der Waals surface area (Å²) >= 11 is 0. The van der Waals surface area contributed by atoms with E-state index in [1.807, 2.05) is 6.92 Å². The molecule has 3 N–H and O–H groups in total. The molecule has 1 fully saturated rings. The maximum atomic E-state index is 11.1. The van der Waals surface area contributed by atoms with Crippen LogP contribution >= 0.6 is 0 Å². The number of hydrogen-bond acceptors (Lipinski definition) is 3. The Morgan fingerprint density at radius 2 is 2.14 bits per heavy atom. The highest BCUT2D eigenvalue weighted by atomic mass is 16.4. The minimum Gasteiger partial charge on any atom is -0.481 e. The van der Waals surface area contributed by atoms with E-state index in [0.717, 1.165) is 32.9 Å². The lowest BCUT2D eigenvalue weighted by Gasteiger charge is -2.08. The summed E-state index contributed by atoms with van der Waals surface area (Å²) in [7, 11) is 0. The van der Waals surface area contributed by atoms with Crippen LogP contribution in [-0.2, 0) is 9.59 Å². The number of carboxylic acids is 1. The van der Waals surface area contributed by atoms with Gasteiger partial charge in [-0.25, -0.2) is 0 Å². The van der Waals surface area contributed by atoms with E-state index < -0.39 is 5.97 Å². The predicted octanol–water partition coefficient (Wildman–Crippen LogP) is -0.0346. The third kappa shape index (κ3) is 6.42. The van der Waals surface area contributed by atoms with Crippen LogP contribution in [0, 0.1) is 0 Å². The first-order valence-electron chi connectivity index (χ1n) is 4.78. The number of rotatable bonds is 2. The first kappa shape index (κ1) is 12.9. The lowest BCUT2D eigenvalue weighted by atomic mass is 10.2. The van der Waals surface area contributed by atoms with Gasteiger partial charge in [0.25, 0.3) is 5.97 Å². The fourth-order valence-electron chi connectivity index (χ4n) is 1.21. The molecule has 0 aromatic carbocycles. The number of aliphatic carboxylic acids is 1. The standard InChI is InChI=1S/C7H14N2O.C2H4O2/c1-2-8-7(10)6-4-3-5-9-6;1-2(3)4/h6,9H,2-5H2,1H3,(H,8,10);1H3,(H,3,4)/t6-;/m0./s1. The third-order valence-corrected chi connectivity index (χ3v) is 1.73. The molecular weight excluding hydrogens is 184 g/mol. The quantitative estimate of drug-likeness (QED) is 0.587. The van der Waals surface area contributed by atoms with E-state index in [-0.39, 0.29) is 11.9 Å². The van der Waals surface area contributed by atoms with Crippen molar-refractivity contribution in [3.8, 4) is 0 Å². The molecule has 0 radical (unpaired) electrons. The van der Waals surface area contributed by atoms with Crippen molar-refractivity contribution in [3.05, 3.63) is 0 Å². The second kappa shape index (κ2) is 7.32. The predicted molar refractivity (Wildman–Crippen MR) is 53.0 cm³/mol. The van der Waals surface area contributed by atoms with Gasteiger partial charge in [0.15, 0.2) is 0 Å². The number of carboxylic acid groups (broad SMARTS) is 1. The summed E-state index contributed by atoms with van der Waals surface area (Å²) < 4.78 is 0. The van der Waals surface area contributed by atoms with E-state index in [0.29, 0.717) is 0 Å². The molecule has 0 saturated carbocycles. The van der Waals surface area contributed by atoms with Gasteiger partial charge in [-0.2, -0.15) is 0 Å². The van der Waals surface area contributed by atoms with Gasteiger partial charge >= 0.3 is 0 Å². The van der Waals surface area contributed by atoms with Gasteiger partial charge in [-0.05, 0) is 26.3 Å². The maximum Gasteiger partial charge on any atom is 0.300 e. The van der Waals surface area contributed by atoms with Crippen LogP contribution < -0.4 is 10.6 Å². The van der Waals surface area contributed by atoms with E-state index in [1.54, 1.807) is 0 Å². The lowest BCUT2D eigenvalue weighted by molar-refractivity contribution is -0.134. The molecule has 0 unspecified atom stereocenters. The zero-order chi connectivity index (χ0) is 11.0. The average Bonchev–Trinajstić information content (AvgIpc) is 2.55. The van der Waals surface area contributed by atoms with Crippen LogP contribution in [0.3, 0.4) is 0 Å². The Bertz CT molecular complexity index is 184. The second-order valence-corrected chi connectivity index (χ2v) is 3.06. The number of hydrogen-bond donors (Lipinski definition) is 3. The van der Waals surface area contributed by atoms with Crippen LogP contribution in [0.15, 0.2) is 0 Å². The van der Waals surface area contributed by atoms with Gasteiger partial charge in [0.05, 0.1) is 6.04 Å². The topological polar surface area (TPSA) is 78.4 Å². The Hall–Kier alpha value is -1.10. The van der Waals surface area contributed by atoms with E-state index in [1.165, 1.54) is 0 Å². The maximum absolute atomic E-state index is 11.1. The molecule has 1 saturated heterocycles. The molecule has 14 heavy (non-hydrogen) atoms. The Kier molecular flexibility index (Phi) is 6.74. The SMILES string of the molecule is CC(=O)O.CCNC(=O)[C@@H]1CCCN1. The number of amides is 1. The second-order valence-electron chi connectivity index (χ2n) is 3.06. The normalized spacial score (nSPS) is 19.4. The highest BCUT2D eigenvalue weighted by Crippen LogP contribution is 2.03. The molecule has 82 valence electrons. The summed E-state index contributed by atoms with van der Waals surface area (Å²) in [6, 6.07) is 0.0833. The van der Waals surface area contributed by atoms with Crippen molar-refractivity contribution in [1.29, 1.82) is 0 Å². The molecular formula is C9H18N2O3. The molecule has 5 heteroatoms. The molecule has 1 aliphatic heterocycles. The molecule has 0 aliphatic carbocycles. The summed E-state index contributed by atoms with van der Waals surface area (Å²) in [6.45, 7) is 4.74. The number of likely N-dealkylation sites (N-methyl/N-ethyl adjacent to an activating group) is 1. The van der Waals surface area contributed by atoms with Gasteiger partial charge in [0, 0.05) is 13.5 Å². The lowest BCUT2D eigenvalue weighted by Crippen LogP contribution is -2.40. The van der Waals surface area contributed by atoms with E-state index in [9.17, 15) is 4.79 Å². The molecule has 1 rings (SSSR count). The smallest absolute Gasteiger partial charge is 0.300 e. The Labute approximate surface area is 83.9 Å². The van der Waals surface area contributed by atoms with Gasteiger partial charge in [-0.1, -0.05) is 0 Å². The molecule has 0 aromatic rings. The molecule has 1 amide bonds. The van der Waals surface area contributed by atoms with Crippen molar-refractivity contribution in [2.24, 2.45) is 0 Å². The summed E-state index contributed by atoms with van der Waals surface area (Å²) in [4.78, 5) is 20.1.